The Kier molecular flexibility index (Phi) is 4.94. The summed E-state index contributed by atoms with van der Waals surface area (Å²) in [5.41, 5.74) is -0.0269. The van der Waals surface area contributed by atoms with E-state index in [0.717, 1.165) is 12.1 Å². The van der Waals surface area contributed by atoms with Crippen LogP contribution in [-0.4, -0.2) is 30.9 Å². The van der Waals surface area contributed by atoms with Crippen LogP contribution < -0.4 is 5.32 Å². The molecule has 0 aliphatic rings. The molecule has 1 atom stereocenters. The molecule has 0 aliphatic carbocycles. The zero-order valence-electron chi connectivity index (χ0n) is 11.1. The lowest BCUT2D eigenvalue weighted by molar-refractivity contribution is -0.137. The summed E-state index contributed by atoms with van der Waals surface area (Å²) >= 11 is 0. The quantitative estimate of drug-likeness (QED) is 0.913. The lowest BCUT2D eigenvalue weighted by atomic mass is 10.1. The van der Waals surface area contributed by atoms with Gasteiger partial charge in [-0.2, -0.15) is 13.2 Å². The number of likely N-dealkylation sites (N-methyl/N-ethyl adjacent to an activating group) is 2. The maximum Gasteiger partial charge on any atom is 0.416 e. The highest BCUT2D eigenvalue weighted by Gasteiger charge is 2.30. The van der Waals surface area contributed by atoms with E-state index < -0.39 is 11.7 Å². The van der Waals surface area contributed by atoms with Crippen LogP contribution in [0.15, 0.2) is 24.3 Å². The first-order chi connectivity index (χ1) is 8.75. The molecule has 3 nitrogen and oxygen atoms in total. The van der Waals surface area contributed by atoms with Crippen LogP contribution in [0.2, 0.25) is 0 Å². The minimum atomic E-state index is -4.33. The molecule has 0 spiro atoms. The fraction of sp³-hybridized carbons (Fsp3) is 0.462. The lowest BCUT2D eigenvalue weighted by Crippen LogP contribution is -2.41. The van der Waals surface area contributed by atoms with Crippen molar-refractivity contribution in [1.29, 1.82) is 0 Å². The van der Waals surface area contributed by atoms with Crippen molar-refractivity contribution < 1.29 is 18.0 Å². The Morgan fingerprint density at radius 3 is 2.26 bits per heavy atom. The van der Waals surface area contributed by atoms with Gasteiger partial charge in [0.15, 0.2) is 0 Å². The third kappa shape index (κ3) is 4.24. The first kappa shape index (κ1) is 15.5. The van der Waals surface area contributed by atoms with Crippen molar-refractivity contribution in [2.45, 2.75) is 25.7 Å². The molecular weight excluding hydrogens is 257 g/mol. The number of carbonyl (C=O) groups excluding carboxylic acids is 1. The molecule has 0 aromatic heterocycles. The summed E-state index contributed by atoms with van der Waals surface area (Å²) in [6, 6.07) is 4.50. The smallest absolute Gasteiger partial charge is 0.340 e. The van der Waals surface area contributed by atoms with Gasteiger partial charge in [-0.05, 0) is 31.7 Å². The van der Waals surface area contributed by atoms with Crippen LogP contribution in [-0.2, 0) is 17.5 Å². The minimum Gasteiger partial charge on any atom is -0.340 e. The molecule has 6 heteroatoms. The number of carbonyl (C=O) groups is 1. The predicted molar refractivity (Wildman–Crippen MR) is 66.4 cm³/mol. The second-order valence-electron chi connectivity index (χ2n) is 4.40. The summed E-state index contributed by atoms with van der Waals surface area (Å²) in [7, 11) is 3.29. The second-order valence-corrected chi connectivity index (χ2v) is 4.40. The van der Waals surface area contributed by atoms with Crippen LogP contribution >= 0.6 is 0 Å². The molecule has 0 aliphatic heterocycles. The van der Waals surface area contributed by atoms with E-state index in [0.29, 0.717) is 5.56 Å². The zero-order valence-corrected chi connectivity index (χ0v) is 11.1. The van der Waals surface area contributed by atoms with Crippen molar-refractivity contribution in [3.63, 3.8) is 0 Å². The molecule has 1 N–H and O–H groups in total. The summed E-state index contributed by atoms with van der Waals surface area (Å²) in [4.78, 5) is 13.3. The Labute approximate surface area is 110 Å². The Hall–Kier alpha value is -1.56. The van der Waals surface area contributed by atoms with Crippen LogP contribution in [0.5, 0.6) is 0 Å². The molecule has 1 amide bonds. The first-order valence-corrected chi connectivity index (χ1v) is 5.84. The van der Waals surface area contributed by atoms with Crippen LogP contribution in [0.3, 0.4) is 0 Å². The van der Waals surface area contributed by atoms with Gasteiger partial charge in [-0.25, -0.2) is 0 Å². The van der Waals surface area contributed by atoms with Gasteiger partial charge in [0.25, 0.3) is 0 Å². The summed E-state index contributed by atoms with van der Waals surface area (Å²) < 4.78 is 37.2. The molecule has 1 unspecified atom stereocenters. The molecule has 1 aromatic carbocycles. The number of halogens is 3. The number of hydrogen-bond acceptors (Lipinski definition) is 2. The highest BCUT2D eigenvalue weighted by atomic mass is 19.4. The van der Waals surface area contributed by atoms with Gasteiger partial charge in [0, 0.05) is 13.6 Å². The van der Waals surface area contributed by atoms with Crippen molar-refractivity contribution >= 4 is 5.91 Å². The van der Waals surface area contributed by atoms with Crippen molar-refractivity contribution in [3.05, 3.63) is 35.4 Å². The molecule has 19 heavy (non-hydrogen) atoms. The molecule has 0 radical (unpaired) electrons. The third-order valence-electron chi connectivity index (χ3n) is 2.88. The van der Waals surface area contributed by atoms with E-state index in [-0.39, 0.29) is 18.5 Å². The number of nitrogens with zero attached hydrogens (tertiary/aromatic N) is 1. The average molecular weight is 274 g/mol. The number of amides is 1. The highest BCUT2D eigenvalue weighted by Crippen LogP contribution is 2.29. The highest BCUT2D eigenvalue weighted by molar-refractivity contribution is 5.81. The van der Waals surface area contributed by atoms with E-state index in [2.05, 4.69) is 5.32 Å². The van der Waals surface area contributed by atoms with Gasteiger partial charge < -0.3 is 10.2 Å². The van der Waals surface area contributed by atoms with Crippen LogP contribution in [0.25, 0.3) is 0 Å². The molecule has 0 heterocycles. The van der Waals surface area contributed by atoms with Crippen LogP contribution in [0, 0.1) is 0 Å². The van der Waals surface area contributed by atoms with E-state index in [1.165, 1.54) is 17.0 Å². The summed E-state index contributed by atoms with van der Waals surface area (Å²) in [6.45, 7) is 2.01. The van der Waals surface area contributed by atoms with Crippen molar-refractivity contribution in [2.75, 3.05) is 14.1 Å². The second kappa shape index (κ2) is 6.06. The van der Waals surface area contributed by atoms with E-state index >= 15 is 0 Å². The topological polar surface area (TPSA) is 32.3 Å². The molecular formula is C13H17F3N2O. The molecule has 0 bridgehead atoms. The fourth-order valence-corrected chi connectivity index (χ4v) is 1.60. The Morgan fingerprint density at radius 1 is 1.32 bits per heavy atom. The molecule has 0 saturated heterocycles. The number of hydrogen-bond donors (Lipinski definition) is 1. The summed E-state index contributed by atoms with van der Waals surface area (Å²) in [5.74, 6) is -0.109. The summed E-state index contributed by atoms with van der Waals surface area (Å²) in [5, 5.41) is 2.82. The first-order valence-electron chi connectivity index (χ1n) is 5.84. The Morgan fingerprint density at radius 2 is 1.84 bits per heavy atom. The van der Waals surface area contributed by atoms with Gasteiger partial charge in [-0.15, -0.1) is 0 Å². The van der Waals surface area contributed by atoms with Crippen LogP contribution in [0.1, 0.15) is 18.1 Å². The molecule has 106 valence electrons. The monoisotopic (exact) mass is 274 g/mol. The maximum absolute atomic E-state index is 12.4. The van der Waals surface area contributed by atoms with Gasteiger partial charge in [0.2, 0.25) is 5.91 Å². The largest absolute Gasteiger partial charge is 0.416 e. The Balaban J connectivity index is 2.71. The SMILES string of the molecule is CNC(C)C(=O)N(C)Cc1ccc(C(F)(F)F)cc1. The van der Waals surface area contributed by atoms with E-state index in [4.69, 9.17) is 0 Å². The van der Waals surface area contributed by atoms with Gasteiger partial charge in [-0.3, -0.25) is 4.79 Å². The molecule has 0 fully saturated rings. The number of nitrogens with one attached hydrogen (secondary N) is 1. The molecule has 1 rings (SSSR count). The molecule has 1 aromatic rings. The zero-order chi connectivity index (χ0) is 14.6. The van der Waals surface area contributed by atoms with Gasteiger partial charge in [-0.1, -0.05) is 12.1 Å². The Bertz CT molecular complexity index is 429. The van der Waals surface area contributed by atoms with Gasteiger partial charge >= 0.3 is 6.18 Å². The predicted octanol–water partition coefficient (Wildman–Crippen LogP) is 2.27. The normalized spacial score (nSPS) is 13.2. The minimum absolute atomic E-state index is 0.109. The molecule has 0 saturated carbocycles. The number of alkyl halides is 3. The van der Waals surface area contributed by atoms with Gasteiger partial charge in [0.05, 0.1) is 11.6 Å². The maximum atomic E-state index is 12.4. The van der Waals surface area contributed by atoms with Crippen LogP contribution in [0.4, 0.5) is 13.2 Å². The number of benzene rings is 1. The van der Waals surface area contributed by atoms with E-state index in [1.54, 1.807) is 21.0 Å². The van der Waals surface area contributed by atoms with Gasteiger partial charge in [0.1, 0.15) is 0 Å². The average Bonchev–Trinajstić information content (AvgIpc) is 2.36. The third-order valence-corrected chi connectivity index (χ3v) is 2.88. The fourth-order valence-electron chi connectivity index (χ4n) is 1.60. The number of rotatable bonds is 4. The van der Waals surface area contributed by atoms with E-state index in [9.17, 15) is 18.0 Å². The summed E-state index contributed by atoms with van der Waals surface area (Å²) in [6.07, 6.45) is -4.33. The standard InChI is InChI=1S/C13H17F3N2O/c1-9(17-2)12(19)18(3)8-10-4-6-11(7-5-10)13(14,15)16/h4-7,9,17H,8H2,1-3H3. The van der Waals surface area contributed by atoms with Crippen molar-refractivity contribution in [1.82, 2.24) is 10.2 Å². The van der Waals surface area contributed by atoms with E-state index in [1.807, 2.05) is 0 Å². The van der Waals surface area contributed by atoms with Crippen molar-refractivity contribution in [3.8, 4) is 0 Å². The van der Waals surface area contributed by atoms with Crippen molar-refractivity contribution in [2.24, 2.45) is 0 Å². The lowest BCUT2D eigenvalue weighted by Gasteiger charge is -2.21.